The van der Waals surface area contributed by atoms with Crippen molar-refractivity contribution in [2.75, 3.05) is 13.2 Å². The molecule has 9 heteroatoms. The molecule has 220 valence electrons. The number of ether oxygens (including phenoxy) is 2. The van der Waals surface area contributed by atoms with Gasteiger partial charge in [-0.25, -0.2) is 8.98 Å². The number of hydrogen-bond acceptors (Lipinski definition) is 7. The molecule has 0 saturated heterocycles. The maximum atomic E-state index is 12.2. The molecular formula is C28H54O8S. The van der Waals surface area contributed by atoms with Gasteiger partial charge in [-0.3, -0.25) is 9.35 Å². The highest BCUT2D eigenvalue weighted by Crippen LogP contribution is 2.13. The van der Waals surface area contributed by atoms with Crippen LogP contribution in [0.15, 0.2) is 0 Å². The fourth-order valence-corrected chi connectivity index (χ4v) is 4.58. The highest BCUT2D eigenvalue weighted by Gasteiger charge is 2.30. The van der Waals surface area contributed by atoms with E-state index in [0.717, 1.165) is 38.5 Å². The Balaban J connectivity index is 4.01. The van der Waals surface area contributed by atoms with E-state index in [1.54, 1.807) is 0 Å². The summed E-state index contributed by atoms with van der Waals surface area (Å²) in [5, 5.41) is 0. The molecule has 1 N–H and O–H groups in total. The average molecular weight is 551 g/mol. The maximum Gasteiger partial charge on any atom is 0.398 e. The lowest BCUT2D eigenvalue weighted by Gasteiger charge is -2.14. The van der Waals surface area contributed by atoms with Crippen molar-refractivity contribution in [2.24, 2.45) is 0 Å². The van der Waals surface area contributed by atoms with Gasteiger partial charge >= 0.3 is 22.3 Å². The van der Waals surface area contributed by atoms with E-state index >= 15 is 0 Å². The standard InChI is InChI=1S/C28H54O8S/c1-3-5-7-9-11-13-15-17-19-21-23-34-27(29)25-26(36-37(31,32)33)28(30)35-24-22-20-18-16-14-12-10-8-6-4-2/h26H,3-25H2,1-2H3,(H,31,32,33). The van der Waals surface area contributed by atoms with Crippen molar-refractivity contribution < 1.29 is 36.2 Å². The minimum atomic E-state index is -4.92. The highest BCUT2D eigenvalue weighted by atomic mass is 32.3. The molecule has 0 aromatic rings. The van der Waals surface area contributed by atoms with E-state index in [1.165, 1.54) is 77.0 Å². The number of esters is 2. The summed E-state index contributed by atoms with van der Waals surface area (Å²) in [6.07, 6.45) is 20.4. The Morgan fingerprint density at radius 1 is 0.595 bits per heavy atom. The van der Waals surface area contributed by atoms with Crippen LogP contribution in [-0.4, -0.2) is 44.2 Å². The van der Waals surface area contributed by atoms with Crippen molar-refractivity contribution >= 4 is 22.3 Å². The van der Waals surface area contributed by atoms with E-state index < -0.39 is 34.9 Å². The molecule has 0 aromatic carbocycles. The third-order valence-corrected chi connectivity index (χ3v) is 6.83. The number of carbonyl (C=O) groups excluding carboxylic acids is 2. The number of hydrogen-bond donors (Lipinski definition) is 1. The van der Waals surface area contributed by atoms with Gasteiger partial charge in [-0.15, -0.1) is 0 Å². The van der Waals surface area contributed by atoms with E-state index in [9.17, 15) is 18.0 Å². The number of unbranched alkanes of at least 4 members (excludes halogenated alkanes) is 18. The van der Waals surface area contributed by atoms with Crippen LogP contribution in [0.4, 0.5) is 0 Å². The minimum Gasteiger partial charge on any atom is -0.466 e. The molecule has 0 rings (SSSR count). The molecule has 0 aliphatic heterocycles. The second kappa shape index (κ2) is 25.1. The van der Waals surface area contributed by atoms with Crippen LogP contribution in [0.25, 0.3) is 0 Å². The van der Waals surface area contributed by atoms with E-state index in [0.29, 0.717) is 12.8 Å². The second-order valence-corrected chi connectivity index (χ2v) is 11.0. The van der Waals surface area contributed by atoms with Crippen molar-refractivity contribution in [1.29, 1.82) is 0 Å². The zero-order valence-corrected chi connectivity index (χ0v) is 24.4. The lowest BCUT2D eigenvalue weighted by molar-refractivity contribution is -0.158. The summed E-state index contributed by atoms with van der Waals surface area (Å²) >= 11 is 0. The fraction of sp³-hybridized carbons (Fsp3) is 0.929. The van der Waals surface area contributed by atoms with E-state index in [1.807, 2.05) is 0 Å². The first-order chi connectivity index (χ1) is 17.8. The van der Waals surface area contributed by atoms with Gasteiger partial charge in [0.2, 0.25) is 0 Å². The molecule has 0 bridgehead atoms. The molecule has 0 fully saturated rings. The Labute approximate surface area is 226 Å². The van der Waals surface area contributed by atoms with Gasteiger partial charge < -0.3 is 9.47 Å². The lowest BCUT2D eigenvalue weighted by Crippen LogP contribution is -2.32. The van der Waals surface area contributed by atoms with Crippen LogP contribution in [0.5, 0.6) is 0 Å². The Kier molecular flexibility index (Phi) is 24.3. The molecule has 0 aliphatic rings. The summed E-state index contributed by atoms with van der Waals surface area (Å²) in [5.41, 5.74) is 0. The largest absolute Gasteiger partial charge is 0.466 e. The monoisotopic (exact) mass is 550 g/mol. The van der Waals surface area contributed by atoms with Crippen LogP contribution < -0.4 is 0 Å². The topological polar surface area (TPSA) is 116 Å². The Hall–Kier alpha value is -1.19. The zero-order chi connectivity index (χ0) is 27.6. The molecule has 37 heavy (non-hydrogen) atoms. The van der Waals surface area contributed by atoms with Crippen LogP contribution in [0, 0.1) is 0 Å². The average Bonchev–Trinajstić information content (AvgIpc) is 2.84. The van der Waals surface area contributed by atoms with Crippen molar-refractivity contribution in [2.45, 2.75) is 155 Å². The van der Waals surface area contributed by atoms with Crippen LogP contribution in [0.1, 0.15) is 149 Å². The summed E-state index contributed by atoms with van der Waals surface area (Å²) in [5.74, 6) is -1.76. The predicted molar refractivity (Wildman–Crippen MR) is 147 cm³/mol. The van der Waals surface area contributed by atoms with Gasteiger partial charge in [0.25, 0.3) is 0 Å². The van der Waals surface area contributed by atoms with Gasteiger partial charge in [-0.2, -0.15) is 8.42 Å². The normalized spacial score (nSPS) is 12.4. The molecule has 0 spiro atoms. The summed E-state index contributed by atoms with van der Waals surface area (Å²) in [6.45, 7) is 4.71. The van der Waals surface area contributed by atoms with Crippen molar-refractivity contribution in [3.63, 3.8) is 0 Å². The smallest absolute Gasteiger partial charge is 0.398 e. The quantitative estimate of drug-likeness (QED) is 0.0635. The first-order valence-corrected chi connectivity index (χ1v) is 16.1. The molecule has 0 heterocycles. The summed E-state index contributed by atoms with van der Waals surface area (Å²) in [6, 6.07) is 0. The van der Waals surface area contributed by atoms with Crippen LogP contribution in [0.3, 0.4) is 0 Å². The molecule has 0 saturated carbocycles. The fourth-order valence-electron chi connectivity index (χ4n) is 4.14. The first-order valence-electron chi connectivity index (χ1n) is 14.8. The van der Waals surface area contributed by atoms with Gasteiger partial charge in [0, 0.05) is 0 Å². The molecular weight excluding hydrogens is 496 g/mol. The van der Waals surface area contributed by atoms with Crippen LogP contribution in [-0.2, 0) is 33.6 Å². The molecule has 1 atom stereocenters. The number of carbonyl (C=O) groups is 2. The van der Waals surface area contributed by atoms with Gasteiger partial charge in [0.15, 0.2) is 6.10 Å². The Morgan fingerprint density at radius 2 is 0.946 bits per heavy atom. The predicted octanol–water partition coefficient (Wildman–Crippen LogP) is 7.49. The molecule has 1 unspecified atom stereocenters. The Morgan fingerprint density at radius 3 is 1.32 bits per heavy atom. The van der Waals surface area contributed by atoms with Crippen LogP contribution in [0.2, 0.25) is 0 Å². The summed E-state index contributed by atoms with van der Waals surface area (Å²) in [4.78, 5) is 24.3. The van der Waals surface area contributed by atoms with Gasteiger partial charge in [-0.05, 0) is 12.8 Å². The molecule has 0 aromatic heterocycles. The zero-order valence-electron chi connectivity index (χ0n) is 23.6. The third kappa shape index (κ3) is 26.2. The van der Waals surface area contributed by atoms with Gasteiger partial charge in [-0.1, -0.05) is 129 Å². The molecule has 8 nitrogen and oxygen atoms in total. The minimum absolute atomic E-state index is 0.105. The van der Waals surface area contributed by atoms with Crippen molar-refractivity contribution in [3.8, 4) is 0 Å². The molecule has 0 aliphatic carbocycles. The summed E-state index contributed by atoms with van der Waals surface area (Å²) < 4.78 is 45.8. The van der Waals surface area contributed by atoms with Gasteiger partial charge in [0.1, 0.15) is 0 Å². The molecule has 0 radical (unpaired) electrons. The first kappa shape index (κ1) is 35.8. The van der Waals surface area contributed by atoms with Crippen molar-refractivity contribution in [3.05, 3.63) is 0 Å². The van der Waals surface area contributed by atoms with E-state index in [2.05, 4.69) is 18.0 Å². The Bertz CT molecular complexity index is 651. The maximum absolute atomic E-state index is 12.2. The lowest BCUT2D eigenvalue weighted by atomic mass is 10.1. The van der Waals surface area contributed by atoms with E-state index in [-0.39, 0.29) is 13.2 Å². The third-order valence-electron chi connectivity index (χ3n) is 6.36. The second-order valence-electron chi connectivity index (χ2n) is 9.97. The highest BCUT2D eigenvalue weighted by molar-refractivity contribution is 7.80. The number of rotatable bonds is 27. The summed E-state index contributed by atoms with van der Waals surface area (Å²) in [7, 11) is -4.92. The van der Waals surface area contributed by atoms with E-state index in [4.69, 9.17) is 14.0 Å². The molecule has 0 amide bonds. The van der Waals surface area contributed by atoms with Gasteiger partial charge in [0.05, 0.1) is 19.6 Å². The SMILES string of the molecule is CCCCCCCCCCCCOC(=O)CC(OS(=O)(=O)O)C(=O)OCCCCCCCCCCCC. The van der Waals surface area contributed by atoms with Crippen molar-refractivity contribution in [1.82, 2.24) is 0 Å². The van der Waals surface area contributed by atoms with Crippen LogP contribution >= 0.6 is 0 Å².